The molecule has 1 amide bonds. The number of nitrogens with zero attached hydrogens (tertiary/aromatic N) is 2. The molecule has 0 bridgehead atoms. The van der Waals surface area contributed by atoms with Crippen molar-refractivity contribution in [3.63, 3.8) is 0 Å². The Bertz CT molecular complexity index is 942. The second kappa shape index (κ2) is 10.4. The minimum absolute atomic E-state index is 0.104. The number of carbonyl (C=O) groups is 2. The number of hydrogen-bond donors (Lipinski definition) is 0. The summed E-state index contributed by atoms with van der Waals surface area (Å²) in [5.74, 6) is 0.868. The number of amidine groups is 1. The normalized spacial score (nSPS) is 20.4. The number of thioether (sulfide) groups is 1. The van der Waals surface area contributed by atoms with Crippen molar-refractivity contribution in [2.45, 2.75) is 39.0 Å². The number of allylic oxidation sites excluding steroid dienone is 1. The number of fused-ring (bicyclic) bond motifs is 1. The van der Waals surface area contributed by atoms with Gasteiger partial charge in [-0.2, -0.15) is 0 Å². The van der Waals surface area contributed by atoms with E-state index in [4.69, 9.17) is 18.9 Å². The Labute approximate surface area is 192 Å². The van der Waals surface area contributed by atoms with Crippen molar-refractivity contribution in [1.82, 2.24) is 4.90 Å². The maximum absolute atomic E-state index is 13.0. The van der Waals surface area contributed by atoms with Crippen molar-refractivity contribution >= 4 is 28.8 Å². The Morgan fingerprint density at radius 2 is 1.97 bits per heavy atom. The summed E-state index contributed by atoms with van der Waals surface area (Å²) < 4.78 is 21.8. The molecule has 2 heterocycles. The molecular formula is C23H30N2O6S. The minimum atomic E-state index is -0.671. The van der Waals surface area contributed by atoms with Gasteiger partial charge in [-0.1, -0.05) is 31.7 Å². The first-order chi connectivity index (χ1) is 15.3. The van der Waals surface area contributed by atoms with Crippen LogP contribution < -0.4 is 9.47 Å². The molecule has 174 valence electrons. The van der Waals surface area contributed by atoms with Gasteiger partial charge in [0.05, 0.1) is 42.9 Å². The summed E-state index contributed by atoms with van der Waals surface area (Å²) in [6.07, 6.45) is 0. The molecule has 0 saturated carbocycles. The molecule has 1 aromatic carbocycles. The van der Waals surface area contributed by atoms with E-state index in [0.29, 0.717) is 46.0 Å². The van der Waals surface area contributed by atoms with E-state index < -0.39 is 12.0 Å². The first kappa shape index (κ1) is 24.1. The third-order valence-electron chi connectivity index (χ3n) is 5.07. The van der Waals surface area contributed by atoms with Gasteiger partial charge in [0, 0.05) is 7.11 Å². The third-order valence-corrected chi connectivity index (χ3v) is 6.13. The van der Waals surface area contributed by atoms with Crippen molar-refractivity contribution in [3.8, 4) is 11.5 Å². The summed E-state index contributed by atoms with van der Waals surface area (Å²) in [5, 5.41) is 0.293. The van der Waals surface area contributed by atoms with E-state index >= 15 is 0 Å². The SMILES string of the molecule is COCCOC(=O)C1=C(C)N=C2S[C@H](C)C(=O)N2[C@@H]1c1ccc(OCC(C)C)c(OC)c1. The molecule has 2 aliphatic rings. The summed E-state index contributed by atoms with van der Waals surface area (Å²) in [6, 6.07) is 4.79. The van der Waals surface area contributed by atoms with Crippen LogP contribution in [0.5, 0.6) is 11.5 Å². The Morgan fingerprint density at radius 3 is 2.62 bits per heavy atom. The van der Waals surface area contributed by atoms with Crippen LogP contribution in [0.2, 0.25) is 0 Å². The molecule has 1 fully saturated rings. The Morgan fingerprint density at radius 1 is 1.22 bits per heavy atom. The van der Waals surface area contributed by atoms with Crippen LogP contribution in [-0.4, -0.2) is 61.2 Å². The summed E-state index contributed by atoms with van der Waals surface area (Å²) >= 11 is 1.38. The average Bonchev–Trinajstić information content (AvgIpc) is 3.04. The van der Waals surface area contributed by atoms with E-state index in [2.05, 4.69) is 18.8 Å². The van der Waals surface area contributed by atoms with Crippen molar-refractivity contribution in [2.75, 3.05) is 34.0 Å². The number of esters is 1. The molecule has 1 aromatic rings. The number of hydrogen-bond acceptors (Lipinski definition) is 8. The molecule has 2 atom stereocenters. The van der Waals surface area contributed by atoms with Gasteiger partial charge in [-0.15, -0.1) is 0 Å². The Balaban J connectivity index is 2.03. The number of benzene rings is 1. The zero-order valence-corrected chi connectivity index (χ0v) is 20.2. The van der Waals surface area contributed by atoms with Crippen LogP contribution in [0, 0.1) is 5.92 Å². The topological polar surface area (TPSA) is 86.7 Å². The average molecular weight is 463 g/mol. The van der Waals surface area contributed by atoms with Gasteiger partial charge in [0.1, 0.15) is 6.61 Å². The molecule has 32 heavy (non-hydrogen) atoms. The van der Waals surface area contributed by atoms with Crippen molar-refractivity contribution in [3.05, 3.63) is 35.0 Å². The highest BCUT2D eigenvalue weighted by atomic mass is 32.2. The lowest BCUT2D eigenvalue weighted by atomic mass is 9.94. The van der Waals surface area contributed by atoms with E-state index in [0.717, 1.165) is 0 Å². The summed E-state index contributed by atoms with van der Waals surface area (Å²) in [5.41, 5.74) is 1.57. The maximum Gasteiger partial charge on any atom is 0.338 e. The molecule has 3 rings (SSSR count). The van der Waals surface area contributed by atoms with Crippen molar-refractivity contribution < 1.29 is 28.5 Å². The van der Waals surface area contributed by atoms with E-state index in [1.807, 2.05) is 19.1 Å². The predicted octanol–water partition coefficient (Wildman–Crippen LogP) is 3.57. The van der Waals surface area contributed by atoms with Gasteiger partial charge in [-0.05, 0) is 37.5 Å². The minimum Gasteiger partial charge on any atom is -0.493 e. The van der Waals surface area contributed by atoms with Crippen molar-refractivity contribution in [1.29, 1.82) is 0 Å². The predicted molar refractivity (Wildman–Crippen MR) is 123 cm³/mol. The smallest absolute Gasteiger partial charge is 0.338 e. The lowest BCUT2D eigenvalue weighted by Gasteiger charge is -2.33. The fourth-order valence-corrected chi connectivity index (χ4v) is 4.53. The van der Waals surface area contributed by atoms with Gasteiger partial charge in [-0.3, -0.25) is 9.69 Å². The maximum atomic E-state index is 13.0. The van der Waals surface area contributed by atoms with Gasteiger partial charge in [0.2, 0.25) is 5.91 Å². The standard InChI is InChI=1S/C23H30N2O6S/c1-13(2)12-31-17-8-7-16(11-18(17)29-6)20-19(22(27)30-10-9-28-5)14(3)24-23-25(20)21(26)15(4)32-23/h7-8,11,13,15,20H,9-10,12H2,1-6H3/t15-,20-/m1/s1. The highest BCUT2D eigenvalue weighted by molar-refractivity contribution is 8.15. The fraction of sp³-hybridized carbons (Fsp3) is 0.522. The third kappa shape index (κ3) is 4.94. The highest BCUT2D eigenvalue weighted by Gasteiger charge is 2.46. The Hall–Kier alpha value is -2.52. The number of aliphatic imine (C=N–C) groups is 1. The summed E-state index contributed by atoms with van der Waals surface area (Å²) in [4.78, 5) is 32.2. The molecule has 1 saturated heterocycles. The molecule has 0 radical (unpaired) electrons. The lowest BCUT2D eigenvalue weighted by molar-refractivity contribution is -0.141. The highest BCUT2D eigenvalue weighted by Crippen LogP contribution is 2.44. The first-order valence-corrected chi connectivity index (χ1v) is 11.4. The van der Waals surface area contributed by atoms with E-state index in [1.54, 1.807) is 25.0 Å². The van der Waals surface area contributed by atoms with Crippen LogP contribution in [0.3, 0.4) is 0 Å². The quantitative estimate of drug-likeness (QED) is 0.410. The van der Waals surface area contributed by atoms with Gasteiger partial charge >= 0.3 is 5.97 Å². The van der Waals surface area contributed by atoms with Crippen LogP contribution in [0.4, 0.5) is 0 Å². The van der Waals surface area contributed by atoms with E-state index in [-0.39, 0.29) is 24.4 Å². The second-order valence-corrected chi connectivity index (χ2v) is 9.32. The van der Waals surface area contributed by atoms with Gasteiger partial charge in [-0.25, -0.2) is 9.79 Å². The molecule has 8 nitrogen and oxygen atoms in total. The first-order valence-electron chi connectivity index (χ1n) is 10.5. The molecule has 0 aromatic heterocycles. The van der Waals surface area contributed by atoms with E-state index in [9.17, 15) is 9.59 Å². The molecular weight excluding hydrogens is 432 g/mol. The van der Waals surface area contributed by atoms with Gasteiger partial charge in [0.25, 0.3) is 0 Å². The molecule has 0 unspecified atom stereocenters. The van der Waals surface area contributed by atoms with Gasteiger partial charge < -0.3 is 18.9 Å². The molecule has 0 N–H and O–H groups in total. The van der Waals surface area contributed by atoms with Crippen LogP contribution in [0.25, 0.3) is 0 Å². The zero-order chi connectivity index (χ0) is 23.4. The van der Waals surface area contributed by atoms with Crippen LogP contribution in [0.15, 0.2) is 34.5 Å². The lowest BCUT2D eigenvalue weighted by Crippen LogP contribution is -2.40. The molecule has 9 heteroatoms. The second-order valence-electron chi connectivity index (χ2n) is 8.01. The molecule has 0 aliphatic carbocycles. The number of methoxy groups -OCH3 is 2. The molecule has 0 spiro atoms. The van der Waals surface area contributed by atoms with Crippen LogP contribution in [-0.2, 0) is 19.1 Å². The number of amides is 1. The number of rotatable bonds is 9. The van der Waals surface area contributed by atoms with E-state index in [1.165, 1.54) is 18.9 Å². The fourth-order valence-electron chi connectivity index (χ4n) is 3.50. The monoisotopic (exact) mass is 462 g/mol. The van der Waals surface area contributed by atoms with Crippen LogP contribution >= 0.6 is 11.8 Å². The molecule has 2 aliphatic heterocycles. The van der Waals surface area contributed by atoms with Crippen LogP contribution in [0.1, 0.15) is 39.3 Å². The Kier molecular flexibility index (Phi) is 7.84. The number of carbonyl (C=O) groups excluding carboxylic acids is 2. The van der Waals surface area contributed by atoms with Crippen molar-refractivity contribution in [2.24, 2.45) is 10.9 Å². The summed E-state index contributed by atoms with van der Waals surface area (Å²) in [7, 11) is 3.10. The van der Waals surface area contributed by atoms with Gasteiger partial charge in [0.15, 0.2) is 16.7 Å². The summed E-state index contributed by atoms with van der Waals surface area (Å²) in [6.45, 7) is 8.66. The number of ether oxygens (including phenoxy) is 4. The zero-order valence-electron chi connectivity index (χ0n) is 19.3. The largest absolute Gasteiger partial charge is 0.493 e.